The van der Waals surface area contributed by atoms with E-state index in [0.29, 0.717) is 6.54 Å². The Hall–Kier alpha value is -1.16. The molecule has 0 radical (unpaired) electrons. The number of hydrogen-bond donors (Lipinski definition) is 3. The highest BCUT2D eigenvalue weighted by atomic mass is 31.2. The molecule has 0 saturated heterocycles. The van der Waals surface area contributed by atoms with Crippen molar-refractivity contribution in [2.75, 3.05) is 12.7 Å². The normalized spacial score (nSPS) is 13.0. The molecule has 0 aliphatic heterocycles. The van der Waals surface area contributed by atoms with E-state index in [2.05, 4.69) is 38.2 Å². The first-order valence-corrected chi connectivity index (χ1v) is 9.66. The zero-order valence-corrected chi connectivity index (χ0v) is 15.5. The molecule has 3 N–H and O–H groups in total. The monoisotopic (exact) mass is 343 g/mol. The Morgan fingerprint density at radius 3 is 2.00 bits per heavy atom. The molecule has 0 unspecified atom stereocenters. The Morgan fingerprint density at radius 1 is 0.957 bits per heavy atom. The molecule has 0 aliphatic rings. The van der Waals surface area contributed by atoms with Crippen LogP contribution in [0.3, 0.4) is 0 Å². The molecular weight excluding hydrogens is 313 g/mol. The molecule has 132 valence electrons. The van der Waals surface area contributed by atoms with Gasteiger partial charge < -0.3 is 15.1 Å². The van der Waals surface area contributed by atoms with Crippen LogP contribution in [0.5, 0.6) is 0 Å². The zero-order valence-electron chi connectivity index (χ0n) is 14.6. The van der Waals surface area contributed by atoms with Gasteiger partial charge >= 0.3 is 7.60 Å². The minimum absolute atomic E-state index is 0.300. The Morgan fingerprint density at radius 2 is 1.48 bits per heavy atom. The summed E-state index contributed by atoms with van der Waals surface area (Å²) in [5.41, 5.74) is 3.87. The van der Waals surface area contributed by atoms with Gasteiger partial charge in [-0.15, -0.1) is 0 Å². The third-order valence-electron chi connectivity index (χ3n) is 3.22. The number of rotatable bonds is 10. The first-order chi connectivity index (χ1) is 10.6. The molecule has 0 saturated carbocycles. The highest BCUT2D eigenvalue weighted by Crippen LogP contribution is 2.33. The lowest BCUT2D eigenvalue weighted by molar-refractivity contribution is -0.118. The van der Waals surface area contributed by atoms with Crippen LogP contribution in [0.4, 0.5) is 0 Å². The number of amides is 1. The van der Waals surface area contributed by atoms with E-state index in [1.165, 1.54) is 11.1 Å². The van der Waals surface area contributed by atoms with E-state index in [1.54, 1.807) is 0 Å². The summed E-state index contributed by atoms with van der Waals surface area (Å²) >= 11 is 0. The summed E-state index contributed by atoms with van der Waals surface area (Å²) < 4.78 is 10.7. The van der Waals surface area contributed by atoms with Gasteiger partial charge in [-0.25, -0.2) is 0 Å². The maximum atomic E-state index is 11.2. The molecular formula is C17H30NO4P. The van der Waals surface area contributed by atoms with Crippen molar-refractivity contribution >= 4 is 13.5 Å². The summed E-state index contributed by atoms with van der Waals surface area (Å²) in [7, 11) is -4.27. The first-order valence-electron chi connectivity index (χ1n) is 7.86. The summed E-state index contributed by atoms with van der Waals surface area (Å²) in [6.07, 6.45) is 9.62. The molecule has 0 fully saturated rings. The molecule has 0 rings (SSSR count). The maximum Gasteiger partial charge on any atom is 0.334 e. The number of carbonyl (C=O) groups excluding carboxylic acids is 1. The Labute approximate surface area is 139 Å². The van der Waals surface area contributed by atoms with Gasteiger partial charge in [0.1, 0.15) is 6.16 Å². The van der Waals surface area contributed by atoms with E-state index in [4.69, 9.17) is 9.79 Å². The SMILES string of the molecule is CC(C)=CCC/C(C)=C/CC/C(C)=C/CNC(=O)CP(=O)(O)O. The van der Waals surface area contributed by atoms with Crippen LogP contribution >= 0.6 is 7.60 Å². The van der Waals surface area contributed by atoms with Crippen LogP contribution in [0.2, 0.25) is 0 Å². The Kier molecular flexibility index (Phi) is 10.8. The van der Waals surface area contributed by atoms with Gasteiger partial charge in [-0.3, -0.25) is 9.36 Å². The van der Waals surface area contributed by atoms with E-state index in [0.717, 1.165) is 31.3 Å². The Bertz CT molecular complexity index is 511. The molecule has 0 aromatic rings. The van der Waals surface area contributed by atoms with Gasteiger partial charge in [0.05, 0.1) is 0 Å². The van der Waals surface area contributed by atoms with Crippen molar-refractivity contribution in [3.05, 3.63) is 34.9 Å². The lowest BCUT2D eigenvalue weighted by atomic mass is 10.1. The van der Waals surface area contributed by atoms with Crippen LogP contribution in [0.1, 0.15) is 53.4 Å². The quantitative estimate of drug-likeness (QED) is 0.417. The molecule has 0 aromatic carbocycles. The molecule has 5 nitrogen and oxygen atoms in total. The van der Waals surface area contributed by atoms with Crippen molar-refractivity contribution in [3.8, 4) is 0 Å². The fraction of sp³-hybridized carbons (Fsp3) is 0.588. The molecule has 0 spiro atoms. The molecule has 0 aromatic heterocycles. The van der Waals surface area contributed by atoms with Crippen molar-refractivity contribution < 1.29 is 19.1 Å². The molecule has 0 atom stereocenters. The molecule has 0 heterocycles. The number of nitrogens with one attached hydrogen (secondary N) is 1. The van der Waals surface area contributed by atoms with Crippen LogP contribution < -0.4 is 5.32 Å². The number of carbonyl (C=O) groups is 1. The van der Waals surface area contributed by atoms with Crippen LogP contribution in [-0.4, -0.2) is 28.4 Å². The largest absolute Gasteiger partial charge is 0.352 e. The Balaban J connectivity index is 4.00. The van der Waals surface area contributed by atoms with Gasteiger partial charge in [-0.2, -0.15) is 0 Å². The second kappa shape index (κ2) is 11.4. The predicted molar refractivity (Wildman–Crippen MR) is 95.3 cm³/mol. The van der Waals surface area contributed by atoms with Crippen LogP contribution in [-0.2, 0) is 9.36 Å². The van der Waals surface area contributed by atoms with Gasteiger partial charge in [0.15, 0.2) is 0 Å². The molecule has 0 aliphatic carbocycles. The van der Waals surface area contributed by atoms with Gasteiger partial charge in [-0.05, 0) is 53.4 Å². The van der Waals surface area contributed by atoms with E-state index >= 15 is 0 Å². The van der Waals surface area contributed by atoms with Crippen molar-refractivity contribution in [2.24, 2.45) is 0 Å². The topological polar surface area (TPSA) is 86.6 Å². The molecule has 0 bridgehead atoms. The summed E-state index contributed by atoms with van der Waals surface area (Å²) in [6, 6.07) is 0. The third kappa shape index (κ3) is 15.5. The van der Waals surface area contributed by atoms with Crippen LogP contribution in [0, 0.1) is 0 Å². The van der Waals surface area contributed by atoms with E-state index in [9.17, 15) is 9.36 Å². The molecule has 1 amide bonds. The van der Waals surface area contributed by atoms with E-state index < -0.39 is 19.7 Å². The van der Waals surface area contributed by atoms with Gasteiger partial charge in [0.25, 0.3) is 0 Å². The third-order valence-corrected chi connectivity index (χ3v) is 3.92. The standard InChI is InChI=1S/C17H30NO4P/c1-14(2)7-5-8-15(3)9-6-10-16(4)11-12-18-17(19)13-23(20,21)22/h7,9,11H,5-6,8,10,12-13H2,1-4H3,(H,18,19)(H2,20,21,22)/b15-9+,16-11+. The van der Waals surface area contributed by atoms with Crippen LogP contribution in [0.15, 0.2) is 34.9 Å². The summed E-state index contributed by atoms with van der Waals surface area (Å²) in [5, 5.41) is 2.48. The molecule has 6 heteroatoms. The summed E-state index contributed by atoms with van der Waals surface area (Å²) in [4.78, 5) is 28.6. The zero-order chi connectivity index (χ0) is 17.9. The highest BCUT2D eigenvalue weighted by Gasteiger charge is 2.17. The highest BCUT2D eigenvalue weighted by molar-refractivity contribution is 7.52. The lowest BCUT2D eigenvalue weighted by Crippen LogP contribution is -2.26. The molecule has 23 heavy (non-hydrogen) atoms. The predicted octanol–water partition coefficient (Wildman–Crippen LogP) is 3.70. The van der Waals surface area contributed by atoms with Gasteiger partial charge in [0, 0.05) is 6.54 Å². The van der Waals surface area contributed by atoms with Crippen LogP contribution in [0.25, 0.3) is 0 Å². The minimum Gasteiger partial charge on any atom is -0.352 e. The van der Waals surface area contributed by atoms with Gasteiger partial charge in [0.2, 0.25) is 5.91 Å². The minimum atomic E-state index is -4.27. The van der Waals surface area contributed by atoms with E-state index in [1.807, 2.05) is 13.0 Å². The fourth-order valence-electron chi connectivity index (χ4n) is 1.92. The number of hydrogen-bond acceptors (Lipinski definition) is 2. The maximum absolute atomic E-state index is 11.2. The van der Waals surface area contributed by atoms with Gasteiger partial charge in [-0.1, -0.05) is 34.9 Å². The second-order valence-electron chi connectivity index (χ2n) is 6.09. The fourth-order valence-corrected chi connectivity index (χ4v) is 2.41. The van der Waals surface area contributed by atoms with Crippen molar-refractivity contribution in [2.45, 2.75) is 53.4 Å². The smallest absolute Gasteiger partial charge is 0.334 e. The van der Waals surface area contributed by atoms with Crippen molar-refractivity contribution in [1.82, 2.24) is 5.32 Å². The van der Waals surface area contributed by atoms with E-state index in [-0.39, 0.29) is 0 Å². The number of allylic oxidation sites excluding steroid dienone is 5. The lowest BCUT2D eigenvalue weighted by Gasteiger charge is -2.05. The first kappa shape index (κ1) is 21.8. The van der Waals surface area contributed by atoms with Crippen molar-refractivity contribution in [1.29, 1.82) is 0 Å². The second-order valence-corrected chi connectivity index (χ2v) is 7.73. The summed E-state index contributed by atoms with van der Waals surface area (Å²) in [5.74, 6) is -0.627. The average Bonchev–Trinajstić information content (AvgIpc) is 2.35. The average molecular weight is 343 g/mol. The van der Waals surface area contributed by atoms with Crippen molar-refractivity contribution in [3.63, 3.8) is 0 Å². The summed E-state index contributed by atoms with van der Waals surface area (Å²) in [6.45, 7) is 8.63.